The molecule has 0 saturated carbocycles. The van der Waals surface area contributed by atoms with Gasteiger partial charge in [-0.05, 0) is 48.9 Å². The number of halogens is 1. The van der Waals surface area contributed by atoms with E-state index in [0.29, 0.717) is 13.2 Å². The lowest BCUT2D eigenvalue weighted by Gasteiger charge is -2.19. The summed E-state index contributed by atoms with van der Waals surface area (Å²) in [6.45, 7) is 3.05. The quantitative estimate of drug-likeness (QED) is 0.849. The van der Waals surface area contributed by atoms with Crippen molar-refractivity contribution >= 4 is 5.69 Å². The molecule has 3 nitrogen and oxygen atoms in total. The molecule has 106 valence electrons. The molecule has 0 radical (unpaired) electrons. The van der Waals surface area contributed by atoms with Gasteiger partial charge < -0.3 is 15.8 Å². The molecule has 4 heteroatoms. The Balaban J connectivity index is 2.09. The molecule has 1 unspecified atom stereocenters. The molecule has 0 aliphatic heterocycles. The van der Waals surface area contributed by atoms with Crippen molar-refractivity contribution in [2.45, 2.75) is 13.0 Å². The van der Waals surface area contributed by atoms with Crippen LogP contribution in [-0.2, 0) is 0 Å². The number of nitrogens with two attached hydrogens (primary N) is 1. The maximum Gasteiger partial charge on any atom is 0.123 e. The second-order valence-electron chi connectivity index (χ2n) is 4.44. The molecule has 0 amide bonds. The molecule has 2 rings (SSSR count). The fourth-order valence-electron chi connectivity index (χ4n) is 1.99. The average molecular weight is 274 g/mol. The Morgan fingerprint density at radius 3 is 2.30 bits per heavy atom. The summed E-state index contributed by atoms with van der Waals surface area (Å²) in [5, 5.41) is 3.29. The molecular formula is C16H19FN2O. The van der Waals surface area contributed by atoms with E-state index in [4.69, 9.17) is 10.5 Å². The number of hydrogen-bond donors (Lipinski definition) is 2. The Hall–Kier alpha value is -2.07. The van der Waals surface area contributed by atoms with Gasteiger partial charge in [-0.1, -0.05) is 12.1 Å². The van der Waals surface area contributed by atoms with Gasteiger partial charge in [-0.15, -0.1) is 0 Å². The van der Waals surface area contributed by atoms with Crippen LogP contribution in [0.2, 0.25) is 0 Å². The van der Waals surface area contributed by atoms with Crippen LogP contribution in [0, 0.1) is 5.82 Å². The zero-order valence-electron chi connectivity index (χ0n) is 11.5. The van der Waals surface area contributed by atoms with Crippen LogP contribution in [0.4, 0.5) is 10.1 Å². The number of ether oxygens (including phenoxy) is 1. The van der Waals surface area contributed by atoms with E-state index in [2.05, 4.69) is 5.32 Å². The van der Waals surface area contributed by atoms with Crippen molar-refractivity contribution in [3.8, 4) is 5.75 Å². The van der Waals surface area contributed by atoms with Crippen LogP contribution in [0.5, 0.6) is 5.75 Å². The molecule has 0 fully saturated rings. The summed E-state index contributed by atoms with van der Waals surface area (Å²) in [7, 11) is 0. The average Bonchev–Trinajstić information content (AvgIpc) is 2.48. The zero-order valence-corrected chi connectivity index (χ0v) is 11.5. The standard InChI is InChI=1S/C16H19FN2O/c1-2-20-15-9-3-12(4-10-15)16(11-18)19-14-7-5-13(17)6-8-14/h3-10,16,19H,2,11,18H2,1H3. The van der Waals surface area contributed by atoms with Crippen molar-refractivity contribution in [3.05, 3.63) is 59.9 Å². The van der Waals surface area contributed by atoms with E-state index >= 15 is 0 Å². The van der Waals surface area contributed by atoms with Gasteiger partial charge in [-0.2, -0.15) is 0 Å². The van der Waals surface area contributed by atoms with Gasteiger partial charge in [0.1, 0.15) is 11.6 Å². The van der Waals surface area contributed by atoms with Crippen LogP contribution < -0.4 is 15.8 Å². The Labute approximate surface area is 118 Å². The highest BCUT2D eigenvalue weighted by atomic mass is 19.1. The first-order valence-corrected chi connectivity index (χ1v) is 6.68. The summed E-state index contributed by atoms with van der Waals surface area (Å²) in [6, 6.07) is 14.1. The van der Waals surface area contributed by atoms with Gasteiger partial charge in [0.2, 0.25) is 0 Å². The molecule has 20 heavy (non-hydrogen) atoms. The Morgan fingerprint density at radius 2 is 1.75 bits per heavy atom. The Morgan fingerprint density at radius 1 is 1.10 bits per heavy atom. The van der Waals surface area contributed by atoms with Crippen molar-refractivity contribution in [2.75, 3.05) is 18.5 Å². The van der Waals surface area contributed by atoms with E-state index < -0.39 is 0 Å². The minimum atomic E-state index is -0.249. The number of hydrogen-bond acceptors (Lipinski definition) is 3. The van der Waals surface area contributed by atoms with E-state index in [1.807, 2.05) is 31.2 Å². The van der Waals surface area contributed by atoms with Gasteiger partial charge in [-0.3, -0.25) is 0 Å². The lowest BCUT2D eigenvalue weighted by Crippen LogP contribution is -2.20. The lowest BCUT2D eigenvalue weighted by atomic mass is 10.1. The Kier molecular flexibility index (Phi) is 4.96. The molecule has 0 saturated heterocycles. The second-order valence-corrected chi connectivity index (χ2v) is 4.44. The predicted octanol–water partition coefficient (Wildman–Crippen LogP) is 3.34. The third-order valence-corrected chi connectivity index (χ3v) is 3.01. The van der Waals surface area contributed by atoms with Crippen molar-refractivity contribution < 1.29 is 9.13 Å². The molecule has 3 N–H and O–H groups in total. The maximum atomic E-state index is 12.9. The fraction of sp³-hybridized carbons (Fsp3) is 0.250. The van der Waals surface area contributed by atoms with Gasteiger partial charge >= 0.3 is 0 Å². The number of benzene rings is 2. The summed E-state index contributed by atoms with van der Waals surface area (Å²) in [6.07, 6.45) is 0. The Bertz CT molecular complexity index is 525. The van der Waals surface area contributed by atoms with Crippen LogP contribution in [0.1, 0.15) is 18.5 Å². The first-order chi connectivity index (χ1) is 9.72. The van der Waals surface area contributed by atoms with Gasteiger partial charge in [0.25, 0.3) is 0 Å². The molecule has 0 aliphatic rings. The molecular weight excluding hydrogens is 255 g/mol. The molecule has 0 aliphatic carbocycles. The molecule has 0 heterocycles. The highest BCUT2D eigenvalue weighted by Crippen LogP contribution is 2.21. The van der Waals surface area contributed by atoms with E-state index in [-0.39, 0.29) is 11.9 Å². The lowest BCUT2D eigenvalue weighted by molar-refractivity contribution is 0.340. The van der Waals surface area contributed by atoms with E-state index in [9.17, 15) is 4.39 Å². The topological polar surface area (TPSA) is 47.3 Å². The van der Waals surface area contributed by atoms with Crippen LogP contribution in [0.25, 0.3) is 0 Å². The highest BCUT2D eigenvalue weighted by Gasteiger charge is 2.09. The molecule has 1 atom stereocenters. The summed E-state index contributed by atoms with van der Waals surface area (Å²) < 4.78 is 18.3. The third-order valence-electron chi connectivity index (χ3n) is 3.01. The summed E-state index contributed by atoms with van der Waals surface area (Å²) >= 11 is 0. The summed E-state index contributed by atoms with van der Waals surface area (Å²) in [5.41, 5.74) is 7.72. The van der Waals surface area contributed by atoms with Crippen molar-refractivity contribution in [1.82, 2.24) is 0 Å². The van der Waals surface area contributed by atoms with Crippen LogP contribution in [0.3, 0.4) is 0 Å². The summed E-state index contributed by atoms with van der Waals surface area (Å²) in [4.78, 5) is 0. The monoisotopic (exact) mass is 274 g/mol. The maximum absolute atomic E-state index is 12.9. The van der Waals surface area contributed by atoms with E-state index in [1.54, 1.807) is 12.1 Å². The zero-order chi connectivity index (χ0) is 14.4. The van der Waals surface area contributed by atoms with Crippen LogP contribution >= 0.6 is 0 Å². The second kappa shape index (κ2) is 6.91. The highest BCUT2D eigenvalue weighted by molar-refractivity contribution is 5.46. The molecule has 2 aromatic carbocycles. The van der Waals surface area contributed by atoms with Crippen molar-refractivity contribution in [2.24, 2.45) is 5.73 Å². The first kappa shape index (κ1) is 14.3. The van der Waals surface area contributed by atoms with Crippen molar-refractivity contribution in [3.63, 3.8) is 0 Å². The van der Waals surface area contributed by atoms with Crippen LogP contribution in [-0.4, -0.2) is 13.2 Å². The number of nitrogens with one attached hydrogen (secondary N) is 1. The van der Waals surface area contributed by atoms with Crippen molar-refractivity contribution in [1.29, 1.82) is 0 Å². The predicted molar refractivity (Wildman–Crippen MR) is 79.4 cm³/mol. The minimum absolute atomic E-state index is 0.0175. The molecule has 0 bridgehead atoms. The fourth-order valence-corrected chi connectivity index (χ4v) is 1.99. The summed E-state index contributed by atoms with van der Waals surface area (Å²) in [5.74, 6) is 0.592. The molecule has 2 aromatic rings. The minimum Gasteiger partial charge on any atom is -0.494 e. The van der Waals surface area contributed by atoms with Gasteiger partial charge in [0.05, 0.1) is 12.6 Å². The first-order valence-electron chi connectivity index (χ1n) is 6.68. The largest absolute Gasteiger partial charge is 0.494 e. The normalized spacial score (nSPS) is 11.9. The number of rotatable bonds is 6. The number of anilines is 1. The van der Waals surface area contributed by atoms with E-state index in [1.165, 1.54) is 12.1 Å². The third kappa shape index (κ3) is 3.71. The van der Waals surface area contributed by atoms with Crippen LogP contribution in [0.15, 0.2) is 48.5 Å². The molecule has 0 aromatic heterocycles. The van der Waals surface area contributed by atoms with Gasteiger partial charge in [0.15, 0.2) is 0 Å². The smallest absolute Gasteiger partial charge is 0.123 e. The molecule has 0 spiro atoms. The van der Waals surface area contributed by atoms with Gasteiger partial charge in [0, 0.05) is 12.2 Å². The van der Waals surface area contributed by atoms with Gasteiger partial charge in [-0.25, -0.2) is 4.39 Å². The van der Waals surface area contributed by atoms with E-state index in [0.717, 1.165) is 17.0 Å². The SMILES string of the molecule is CCOc1ccc(C(CN)Nc2ccc(F)cc2)cc1.